The third-order valence-electron chi connectivity index (χ3n) is 4.56. The van der Waals surface area contributed by atoms with E-state index in [1.807, 2.05) is 18.5 Å². The first kappa shape index (κ1) is 17.2. The van der Waals surface area contributed by atoms with E-state index in [1.165, 1.54) is 10.9 Å². The van der Waals surface area contributed by atoms with Crippen LogP contribution in [0.25, 0.3) is 10.8 Å². The van der Waals surface area contributed by atoms with E-state index in [2.05, 4.69) is 63.3 Å². The van der Waals surface area contributed by atoms with Gasteiger partial charge in [-0.3, -0.25) is 0 Å². The lowest BCUT2D eigenvalue weighted by Crippen LogP contribution is -2.35. The van der Waals surface area contributed by atoms with Crippen molar-refractivity contribution in [1.82, 2.24) is 9.88 Å². The van der Waals surface area contributed by atoms with Gasteiger partial charge in [-0.1, -0.05) is 54.6 Å². The zero-order chi connectivity index (χ0) is 17.8. The molecule has 0 aliphatic carbocycles. The van der Waals surface area contributed by atoms with E-state index in [1.54, 1.807) is 0 Å². The quantitative estimate of drug-likeness (QED) is 0.359. The monoisotopic (exact) mass is 409 g/mol. The molecule has 1 aliphatic rings. The highest BCUT2D eigenvalue weighted by atomic mass is 79.9. The summed E-state index contributed by atoms with van der Waals surface area (Å²) in [4.78, 5) is 11.7. The molecule has 1 aliphatic heterocycles. The highest BCUT2D eigenvalue weighted by Crippen LogP contribution is 2.33. The Morgan fingerprint density at radius 3 is 2.46 bits per heavy atom. The molecule has 1 aromatic heterocycles. The van der Waals surface area contributed by atoms with Crippen molar-refractivity contribution in [2.24, 2.45) is 4.99 Å². The zero-order valence-corrected chi connectivity index (χ0v) is 16.0. The van der Waals surface area contributed by atoms with E-state index in [0.717, 1.165) is 54.1 Å². The molecule has 3 aromatic rings. The van der Waals surface area contributed by atoms with Crippen LogP contribution in [0.1, 0.15) is 11.1 Å². The molecule has 1 saturated heterocycles. The van der Waals surface area contributed by atoms with E-state index in [-0.39, 0.29) is 0 Å². The van der Waals surface area contributed by atoms with Crippen LogP contribution in [0.4, 0.5) is 5.82 Å². The number of hydrogen-bond acceptors (Lipinski definition) is 3. The van der Waals surface area contributed by atoms with Crippen molar-refractivity contribution in [3.8, 4) is 0 Å². The van der Waals surface area contributed by atoms with E-state index in [9.17, 15) is 0 Å². The second-order valence-electron chi connectivity index (χ2n) is 6.31. The average molecular weight is 410 g/mol. The number of fused-ring (bicyclic) bond motifs is 1. The first-order chi connectivity index (χ1) is 12.8. The lowest BCUT2D eigenvalue weighted by atomic mass is 10.00. The number of morpholine rings is 1. The van der Waals surface area contributed by atoms with Crippen molar-refractivity contribution in [2.75, 3.05) is 26.3 Å². The summed E-state index contributed by atoms with van der Waals surface area (Å²) in [5.74, 6) is 0.769. The SMILES string of the molecule is Brc1nc(/N=C/N2CCOCC2)c(Cc2ccccc2)c2ccccc12. The number of aromatic nitrogens is 1. The fraction of sp³-hybridized carbons (Fsp3) is 0.238. The Balaban J connectivity index is 1.77. The summed E-state index contributed by atoms with van der Waals surface area (Å²) < 4.78 is 6.24. The summed E-state index contributed by atoms with van der Waals surface area (Å²) in [6.45, 7) is 3.23. The molecule has 2 heterocycles. The van der Waals surface area contributed by atoms with Crippen LogP contribution in [0.5, 0.6) is 0 Å². The molecule has 0 saturated carbocycles. The molecule has 0 amide bonds. The Bertz CT molecular complexity index is 921. The van der Waals surface area contributed by atoms with Crippen molar-refractivity contribution < 1.29 is 4.74 Å². The van der Waals surface area contributed by atoms with Gasteiger partial charge < -0.3 is 9.64 Å². The molecule has 0 spiro atoms. The van der Waals surface area contributed by atoms with Crippen LogP contribution in [0.3, 0.4) is 0 Å². The first-order valence-corrected chi connectivity index (χ1v) is 9.57. The average Bonchev–Trinajstić information content (AvgIpc) is 2.70. The largest absolute Gasteiger partial charge is 0.378 e. The number of pyridine rings is 1. The highest BCUT2D eigenvalue weighted by Gasteiger charge is 2.13. The number of hydrogen-bond donors (Lipinski definition) is 0. The number of nitrogens with zero attached hydrogens (tertiary/aromatic N) is 3. The summed E-state index contributed by atoms with van der Waals surface area (Å²) in [7, 11) is 0. The Labute approximate surface area is 161 Å². The Morgan fingerprint density at radius 2 is 1.69 bits per heavy atom. The van der Waals surface area contributed by atoms with Crippen LogP contribution in [0.2, 0.25) is 0 Å². The summed E-state index contributed by atoms with van der Waals surface area (Å²) >= 11 is 3.61. The van der Waals surface area contributed by atoms with Crippen molar-refractivity contribution in [1.29, 1.82) is 0 Å². The van der Waals surface area contributed by atoms with Crippen LogP contribution >= 0.6 is 15.9 Å². The number of rotatable bonds is 4. The fourth-order valence-corrected chi connectivity index (χ4v) is 3.69. The number of ether oxygens (including phenoxy) is 1. The summed E-state index contributed by atoms with van der Waals surface area (Å²) in [6.07, 6.45) is 2.71. The molecule has 0 bridgehead atoms. The van der Waals surface area contributed by atoms with E-state index in [0.29, 0.717) is 0 Å². The van der Waals surface area contributed by atoms with Crippen LogP contribution in [0.15, 0.2) is 64.2 Å². The van der Waals surface area contributed by atoms with Gasteiger partial charge in [0, 0.05) is 30.5 Å². The van der Waals surface area contributed by atoms with E-state index >= 15 is 0 Å². The van der Waals surface area contributed by atoms with Gasteiger partial charge in [0.2, 0.25) is 0 Å². The molecule has 4 rings (SSSR count). The number of halogens is 1. The Hall–Kier alpha value is -2.24. The molecule has 0 unspecified atom stereocenters. The highest BCUT2D eigenvalue weighted by molar-refractivity contribution is 9.10. The summed E-state index contributed by atoms with van der Waals surface area (Å²) in [5, 5.41) is 2.30. The van der Waals surface area contributed by atoms with Crippen LogP contribution in [0, 0.1) is 0 Å². The minimum Gasteiger partial charge on any atom is -0.378 e. The van der Waals surface area contributed by atoms with Crippen molar-refractivity contribution >= 4 is 38.9 Å². The normalized spacial score (nSPS) is 15.0. The number of aliphatic imine (C=N–C) groups is 1. The molecule has 26 heavy (non-hydrogen) atoms. The maximum Gasteiger partial charge on any atom is 0.159 e. The van der Waals surface area contributed by atoms with Gasteiger partial charge >= 0.3 is 0 Å². The maximum atomic E-state index is 5.40. The van der Waals surface area contributed by atoms with Gasteiger partial charge in [-0.05, 0) is 26.9 Å². The molecular formula is C21H20BrN3O. The molecule has 1 fully saturated rings. The van der Waals surface area contributed by atoms with Gasteiger partial charge in [0.05, 0.1) is 19.6 Å². The van der Waals surface area contributed by atoms with Gasteiger partial charge in [-0.2, -0.15) is 0 Å². The Kier molecular flexibility index (Phi) is 5.27. The zero-order valence-electron chi connectivity index (χ0n) is 14.4. The fourth-order valence-electron chi connectivity index (χ4n) is 3.18. The molecule has 0 N–H and O–H groups in total. The van der Waals surface area contributed by atoms with Crippen molar-refractivity contribution in [2.45, 2.75) is 6.42 Å². The van der Waals surface area contributed by atoms with Gasteiger partial charge in [0.15, 0.2) is 5.82 Å². The summed E-state index contributed by atoms with van der Waals surface area (Å²) in [5.41, 5.74) is 2.41. The first-order valence-electron chi connectivity index (χ1n) is 8.78. The molecular weight excluding hydrogens is 390 g/mol. The van der Waals surface area contributed by atoms with Gasteiger partial charge in [0.25, 0.3) is 0 Å². The van der Waals surface area contributed by atoms with Gasteiger partial charge in [-0.25, -0.2) is 9.98 Å². The molecule has 0 atom stereocenters. The maximum absolute atomic E-state index is 5.40. The standard InChI is InChI=1S/C21H20BrN3O/c22-20-18-9-5-4-8-17(18)19(14-16-6-2-1-3-7-16)21(24-20)23-15-25-10-12-26-13-11-25/h1-9,15H,10-14H2/b23-15+. The second-order valence-corrected chi connectivity index (χ2v) is 7.06. The van der Waals surface area contributed by atoms with Crippen molar-refractivity contribution in [3.05, 3.63) is 70.3 Å². The van der Waals surface area contributed by atoms with E-state index in [4.69, 9.17) is 14.7 Å². The molecule has 2 aromatic carbocycles. The predicted molar refractivity (Wildman–Crippen MR) is 109 cm³/mol. The predicted octanol–water partition coefficient (Wildman–Crippen LogP) is 4.58. The Morgan fingerprint density at radius 1 is 1.00 bits per heavy atom. The number of benzene rings is 2. The third-order valence-corrected chi connectivity index (χ3v) is 5.17. The smallest absolute Gasteiger partial charge is 0.159 e. The molecule has 4 nitrogen and oxygen atoms in total. The molecule has 0 radical (unpaired) electrons. The molecule has 5 heteroatoms. The minimum absolute atomic E-state index is 0.748. The molecule has 132 valence electrons. The van der Waals surface area contributed by atoms with Crippen LogP contribution < -0.4 is 0 Å². The topological polar surface area (TPSA) is 37.7 Å². The van der Waals surface area contributed by atoms with E-state index < -0.39 is 0 Å². The van der Waals surface area contributed by atoms with Crippen LogP contribution in [-0.2, 0) is 11.2 Å². The van der Waals surface area contributed by atoms with Gasteiger partial charge in [0.1, 0.15) is 4.60 Å². The lowest BCUT2D eigenvalue weighted by Gasteiger charge is -2.24. The lowest BCUT2D eigenvalue weighted by molar-refractivity contribution is 0.0701. The second kappa shape index (κ2) is 7.98. The van der Waals surface area contributed by atoms with Crippen molar-refractivity contribution in [3.63, 3.8) is 0 Å². The summed E-state index contributed by atoms with van der Waals surface area (Å²) in [6, 6.07) is 18.8. The van der Waals surface area contributed by atoms with Gasteiger partial charge in [-0.15, -0.1) is 0 Å². The van der Waals surface area contributed by atoms with Crippen LogP contribution in [-0.4, -0.2) is 42.5 Å². The minimum atomic E-state index is 0.748. The third kappa shape index (κ3) is 3.79.